The lowest BCUT2D eigenvalue weighted by molar-refractivity contribution is -0.121. The van der Waals surface area contributed by atoms with Crippen molar-refractivity contribution in [1.29, 1.82) is 0 Å². The predicted octanol–water partition coefficient (Wildman–Crippen LogP) is 3.02. The third kappa shape index (κ3) is 4.80. The summed E-state index contributed by atoms with van der Waals surface area (Å²) >= 11 is 0. The van der Waals surface area contributed by atoms with Gasteiger partial charge in [-0.1, -0.05) is 30.3 Å². The summed E-state index contributed by atoms with van der Waals surface area (Å²) < 4.78 is 11.1. The van der Waals surface area contributed by atoms with Crippen molar-refractivity contribution < 1.29 is 19.1 Å². The summed E-state index contributed by atoms with van der Waals surface area (Å²) in [6.45, 7) is 2.58. The van der Waals surface area contributed by atoms with Crippen LogP contribution >= 0.6 is 0 Å². The average Bonchev–Trinajstić information content (AvgIpc) is 2.78. The van der Waals surface area contributed by atoms with Crippen LogP contribution in [0.4, 0.5) is 10.5 Å². The topological polar surface area (TPSA) is 79.9 Å². The summed E-state index contributed by atoms with van der Waals surface area (Å²) in [4.78, 5) is 27.0. The Bertz CT molecular complexity index is 872. The minimum absolute atomic E-state index is 0.0813. The van der Waals surface area contributed by atoms with Crippen molar-refractivity contribution in [3.05, 3.63) is 54.1 Å². The van der Waals surface area contributed by atoms with E-state index in [1.807, 2.05) is 30.3 Å². The van der Waals surface area contributed by atoms with E-state index in [1.54, 1.807) is 23.1 Å². The fraction of sp³-hybridized carbons (Fsp3) is 0.364. The molecule has 152 valence electrons. The van der Waals surface area contributed by atoms with Crippen molar-refractivity contribution in [2.24, 2.45) is 5.92 Å². The molecule has 2 aliphatic rings. The van der Waals surface area contributed by atoms with Crippen molar-refractivity contribution in [2.75, 3.05) is 31.6 Å². The number of fused-ring (bicyclic) bond motifs is 1. The van der Waals surface area contributed by atoms with Crippen LogP contribution in [0.15, 0.2) is 48.5 Å². The van der Waals surface area contributed by atoms with Gasteiger partial charge in [0.25, 0.3) is 0 Å². The number of ether oxygens (including phenoxy) is 2. The van der Waals surface area contributed by atoms with E-state index in [2.05, 4.69) is 10.6 Å². The molecular formula is C22H25N3O4. The highest BCUT2D eigenvalue weighted by molar-refractivity contribution is 5.93. The van der Waals surface area contributed by atoms with E-state index in [-0.39, 0.29) is 17.9 Å². The molecule has 0 bridgehead atoms. The van der Waals surface area contributed by atoms with Gasteiger partial charge in [0.1, 0.15) is 13.2 Å². The first kappa shape index (κ1) is 19.1. The highest BCUT2D eigenvalue weighted by Crippen LogP contribution is 2.33. The number of benzene rings is 2. The highest BCUT2D eigenvalue weighted by Gasteiger charge is 2.28. The largest absolute Gasteiger partial charge is 0.486 e. The Morgan fingerprint density at radius 1 is 1.03 bits per heavy atom. The molecule has 1 saturated heterocycles. The van der Waals surface area contributed by atoms with Gasteiger partial charge in [-0.05, 0) is 30.5 Å². The molecule has 2 aromatic rings. The molecule has 0 aliphatic carbocycles. The third-order valence-electron chi connectivity index (χ3n) is 5.18. The van der Waals surface area contributed by atoms with Crippen molar-refractivity contribution in [3.63, 3.8) is 0 Å². The number of amides is 3. The third-order valence-corrected chi connectivity index (χ3v) is 5.18. The first-order chi connectivity index (χ1) is 14.2. The molecule has 7 nitrogen and oxygen atoms in total. The molecule has 1 atom stereocenters. The molecule has 0 unspecified atom stereocenters. The van der Waals surface area contributed by atoms with E-state index < -0.39 is 0 Å². The van der Waals surface area contributed by atoms with Crippen molar-refractivity contribution in [1.82, 2.24) is 10.2 Å². The van der Waals surface area contributed by atoms with Crippen LogP contribution in [0, 0.1) is 5.92 Å². The summed E-state index contributed by atoms with van der Waals surface area (Å²) in [6, 6.07) is 15.0. The second-order valence-corrected chi connectivity index (χ2v) is 7.28. The Balaban J connectivity index is 1.31. The molecule has 2 aromatic carbocycles. The van der Waals surface area contributed by atoms with E-state index in [1.165, 1.54) is 0 Å². The first-order valence-electron chi connectivity index (χ1n) is 9.96. The normalized spacial score (nSPS) is 18.1. The predicted molar refractivity (Wildman–Crippen MR) is 109 cm³/mol. The van der Waals surface area contributed by atoms with Crippen LogP contribution in [-0.2, 0) is 11.3 Å². The highest BCUT2D eigenvalue weighted by atomic mass is 16.6. The van der Waals surface area contributed by atoms with Crippen LogP contribution in [0.3, 0.4) is 0 Å². The van der Waals surface area contributed by atoms with E-state index in [0.717, 1.165) is 18.4 Å². The van der Waals surface area contributed by atoms with Crippen molar-refractivity contribution in [2.45, 2.75) is 19.4 Å². The zero-order chi connectivity index (χ0) is 20.1. The average molecular weight is 395 g/mol. The Hall–Kier alpha value is -3.22. The Labute approximate surface area is 170 Å². The van der Waals surface area contributed by atoms with Crippen LogP contribution in [0.1, 0.15) is 18.4 Å². The smallest absolute Gasteiger partial charge is 0.317 e. The van der Waals surface area contributed by atoms with Gasteiger partial charge in [0.2, 0.25) is 5.91 Å². The van der Waals surface area contributed by atoms with Gasteiger partial charge < -0.3 is 25.0 Å². The summed E-state index contributed by atoms with van der Waals surface area (Å²) in [5.41, 5.74) is 1.72. The van der Waals surface area contributed by atoms with E-state index in [4.69, 9.17) is 9.47 Å². The summed E-state index contributed by atoms with van der Waals surface area (Å²) in [7, 11) is 0. The van der Waals surface area contributed by atoms with Gasteiger partial charge in [0.15, 0.2) is 11.5 Å². The minimum atomic E-state index is -0.237. The molecule has 2 aliphatic heterocycles. The number of carbonyl (C=O) groups excluding carboxylic acids is 2. The number of hydrogen-bond donors (Lipinski definition) is 2. The Morgan fingerprint density at radius 3 is 2.66 bits per heavy atom. The number of hydrogen-bond acceptors (Lipinski definition) is 4. The molecule has 0 spiro atoms. The maximum Gasteiger partial charge on any atom is 0.317 e. The lowest BCUT2D eigenvalue weighted by atomic mass is 9.97. The number of nitrogens with zero attached hydrogens (tertiary/aromatic N) is 1. The van der Waals surface area contributed by atoms with Gasteiger partial charge in [-0.25, -0.2) is 4.79 Å². The number of nitrogens with one attached hydrogen (secondary N) is 2. The summed E-state index contributed by atoms with van der Waals surface area (Å²) in [6.07, 6.45) is 1.57. The molecule has 4 rings (SSSR count). The fourth-order valence-corrected chi connectivity index (χ4v) is 3.63. The maximum atomic E-state index is 12.7. The molecular weight excluding hydrogens is 370 g/mol. The van der Waals surface area contributed by atoms with Crippen molar-refractivity contribution >= 4 is 17.6 Å². The maximum absolute atomic E-state index is 12.7. The molecule has 0 radical (unpaired) electrons. The summed E-state index contributed by atoms with van der Waals surface area (Å²) in [5, 5.41) is 5.88. The standard InChI is InChI=1S/C22H25N3O4/c26-21(24-18-8-9-19-20(13-18)29-12-11-28-19)17-7-4-10-25(15-17)22(27)23-14-16-5-2-1-3-6-16/h1-3,5-6,8-9,13,17H,4,7,10-12,14-15H2,(H,23,27)(H,24,26)/t17-/m0/s1. The quantitative estimate of drug-likeness (QED) is 0.834. The number of urea groups is 1. The zero-order valence-electron chi connectivity index (χ0n) is 16.2. The van der Waals surface area contributed by atoms with E-state index >= 15 is 0 Å². The summed E-state index contributed by atoms with van der Waals surface area (Å²) in [5.74, 6) is 1.01. The number of likely N-dealkylation sites (tertiary alicyclic amines) is 1. The second-order valence-electron chi connectivity index (χ2n) is 7.28. The van der Waals surface area contributed by atoms with Gasteiger partial charge in [-0.15, -0.1) is 0 Å². The molecule has 7 heteroatoms. The van der Waals surface area contributed by atoms with Gasteiger partial charge >= 0.3 is 6.03 Å². The molecule has 2 N–H and O–H groups in total. The molecule has 29 heavy (non-hydrogen) atoms. The zero-order valence-corrected chi connectivity index (χ0v) is 16.2. The van der Waals surface area contributed by atoms with Gasteiger partial charge in [0, 0.05) is 31.4 Å². The monoisotopic (exact) mass is 395 g/mol. The SMILES string of the molecule is O=C(Nc1ccc2c(c1)OCCO2)[C@H]1CCCN(C(=O)NCc2ccccc2)C1. The van der Waals surface area contributed by atoms with Crippen LogP contribution in [0.25, 0.3) is 0 Å². The van der Waals surface area contributed by atoms with Crippen LogP contribution in [0.5, 0.6) is 11.5 Å². The van der Waals surface area contributed by atoms with Crippen LogP contribution in [0.2, 0.25) is 0 Å². The molecule has 0 aromatic heterocycles. The van der Waals surface area contributed by atoms with Gasteiger partial charge in [-0.3, -0.25) is 4.79 Å². The number of carbonyl (C=O) groups is 2. The number of anilines is 1. The van der Waals surface area contributed by atoms with E-state index in [9.17, 15) is 9.59 Å². The number of piperidine rings is 1. The second kappa shape index (κ2) is 8.86. The van der Waals surface area contributed by atoms with Crippen molar-refractivity contribution in [3.8, 4) is 11.5 Å². The van der Waals surface area contributed by atoms with Crippen LogP contribution in [-0.4, -0.2) is 43.1 Å². The number of rotatable bonds is 4. The van der Waals surface area contributed by atoms with Crippen LogP contribution < -0.4 is 20.1 Å². The molecule has 3 amide bonds. The first-order valence-corrected chi connectivity index (χ1v) is 9.96. The fourth-order valence-electron chi connectivity index (χ4n) is 3.63. The van der Waals surface area contributed by atoms with Gasteiger partial charge in [0.05, 0.1) is 5.92 Å². The Kier molecular flexibility index (Phi) is 5.84. The van der Waals surface area contributed by atoms with E-state index in [0.29, 0.717) is 50.0 Å². The van der Waals surface area contributed by atoms with Gasteiger partial charge in [-0.2, -0.15) is 0 Å². The molecule has 0 saturated carbocycles. The molecule has 2 heterocycles. The minimum Gasteiger partial charge on any atom is -0.486 e. The lowest BCUT2D eigenvalue weighted by Gasteiger charge is -2.32. The molecule has 1 fully saturated rings. The Morgan fingerprint density at radius 2 is 1.83 bits per heavy atom. The lowest BCUT2D eigenvalue weighted by Crippen LogP contribution is -2.47.